The van der Waals surface area contributed by atoms with Crippen molar-refractivity contribution in [2.24, 2.45) is 5.73 Å². The molecule has 1 aromatic carbocycles. The van der Waals surface area contributed by atoms with Crippen molar-refractivity contribution in [2.75, 3.05) is 20.3 Å². The summed E-state index contributed by atoms with van der Waals surface area (Å²) in [4.78, 5) is 26.2. The number of likely N-dealkylation sites (tertiary alicyclic amines) is 1. The molecule has 2 amide bonds. The molecule has 0 aliphatic carbocycles. The number of rotatable bonds is 4. The number of methoxy groups -OCH3 is 1. The van der Waals surface area contributed by atoms with Crippen LogP contribution in [0.25, 0.3) is 0 Å². The molecule has 5 nitrogen and oxygen atoms in total. The number of benzene rings is 1. The maximum atomic E-state index is 12.8. The lowest BCUT2D eigenvalue weighted by Gasteiger charge is -2.35. The molecule has 6 heteroatoms. The highest BCUT2D eigenvalue weighted by atomic mass is 79.9. The highest BCUT2D eigenvalue weighted by molar-refractivity contribution is 9.10. The Morgan fingerprint density at radius 3 is 2.76 bits per heavy atom. The first-order valence-corrected chi connectivity index (χ1v) is 7.58. The maximum Gasteiger partial charge on any atom is 0.254 e. The highest BCUT2D eigenvalue weighted by Gasteiger charge is 2.48. The van der Waals surface area contributed by atoms with Gasteiger partial charge in [-0.25, -0.2) is 0 Å². The normalized spacial score (nSPS) is 21.6. The van der Waals surface area contributed by atoms with Gasteiger partial charge in [-0.05, 0) is 43.5 Å². The van der Waals surface area contributed by atoms with Crippen LogP contribution in [-0.2, 0) is 9.53 Å². The largest absolute Gasteiger partial charge is 0.382 e. The van der Waals surface area contributed by atoms with Gasteiger partial charge in [0.25, 0.3) is 5.91 Å². The Kier molecular flexibility index (Phi) is 4.68. The van der Waals surface area contributed by atoms with E-state index in [9.17, 15) is 9.59 Å². The predicted molar refractivity (Wildman–Crippen MR) is 83.0 cm³/mol. The van der Waals surface area contributed by atoms with Crippen molar-refractivity contribution in [3.05, 3.63) is 33.8 Å². The van der Waals surface area contributed by atoms with Crippen molar-refractivity contribution in [1.82, 2.24) is 4.90 Å². The molecule has 1 heterocycles. The minimum Gasteiger partial charge on any atom is -0.382 e. The second-order valence-corrected chi connectivity index (χ2v) is 6.21. The molecule has 1 unspecified atom stereocenters. The van der Waals surface area contributed by atoms with Crippen LogP contribution in [0.3, 0.4) is 0 Å². The number of amides is 2. The van der Waals surface area contributed by atoms with Crippen LogP contribution in [0.15, 0.2) is 22.7 Å². The number of hydrogen-bond acceptors (Lipinski definition) is 3. The number of aryl methyl sites for hydroxylation is 1. The van der Waals surface area contributed by atoms with E-state index in [-0.39, 0.29) is 12.5 Å². The van der Waals surface area contributed by atoms with Gasteiger partial charge in [0.05, 0.1) is 6.61 Å². The van der Waals surface area contributed by atoms with Gasteiger partial charge >= 0.3 is 0 Å². The van der Waals surface area contributed by atoms with E-state index in [2.05, 4.69) is 15.9 Å². The van der Waals surface area contributed by atoms with Gasteiger partial charge < -0.3 is 15.4 Å². The first-order chi connectivity index (χ1) is 9.92. The summed E-state index contributed by atoms with van der Waals surface area (Å²) in [5.41, 5.74) is 6.05. The van der Waals surface area contributed by atoms with Gasteiger partial charge in [0, 0.05) is 23.7 Å². The first kappa shape index (κ1) is 16.0. The summed E-state index contributed by atoms with van der Waals surface area (Å²) in [6, 6.07) is 5.39. The van der Waals surface area contributed by atoms with E-state index >= 15 is 0 Å². The van der Waals surface area contributed by atoms with Gasteiger partial charge in [-0.2, -0.15) is 0 Å². The Morgan fingerprint density at radius 2 is 2.19 bits per heavy atom. The lowest BCUT2D eigenvalue weighted by atomic mass is 9.95. The fourth-order valence-corrected chi connectivity index (χ4v) is 3.07. The summed E-state index contributed by atoms with van der Waals surface area (Å²) in [5, 5.41) is 0. The fourth-order valence-electron chi connectivity index (χ4n) is 2.82. The zero-order valence-electron chi connectivity index (χ0n) is 12.2. The first-order valence-electron chi connectivity index (χ1n) is 6.79. The van der Waals surface area contributed by atoms with Crippen LogP contribution in [0, 0.1) is 6.92 Å². The van der Waals surface area contributed by atoms with Crippen molar-refractivity contribution < 1.29 is 14.3 Å². The molecule has 1 fully saturated rings. The number of nitrogens with two attached hydrogens (primary N) is 1. The molecule has 1 aliphatic rings. The fraction of sp³-hybridized carbons (Fsp3) is 0.467. The third-order valence-corrected chi connectivity index (χ3v) is 4.87. The molecule has 1 aliphatic heterocycles. The summed E-state index contributed by atoms with van der Waals surface area (Å²) in [6.45, 7) is 2.56. The molecule has 0 bridgehead atoms. The number of primary amides is 1. The van der Waals surface area contributed by atoms with E-state index in [1.807, 2.05) is 19.1 Å². The molecule has 1 saturated heterocycles. The van der Waals surface area contributed by atoms with E-state index in [0.29, 0.717) is 18.5 Å². The molecular weight excluding hydrogens is 336 g/mol. The monoisotopic (exact) mass is 354 g/mol. The molecule has 2 rings (SSSR count). The number of hydrogen-bond donors (Lipinski definition) is 1. The average Bonchev–Trinajstić information content (AvgIpc) is 2.86. The molecule has 2 N–H and O–H groups in total. The van der Waals surface area contributed by atoms with Crippen LogP contribution in [0.5, 0.6) is 0 Å². The molecule has 0 saturated carbocycles. The molecule has 0 spiro atoms. The summed E-state index contributed by atoms with van der Waals surface area (Å²) in [7, 11) is 1.51. The number of nitrogens with zero attached hydrogens (tertiary/aromatic N) is 1. The second-order valence-electron chi connectivity index (χ2n) is 5.35. The Balaban J connectivity index is 2.36. The zero-order chi connectivity index (χ0) is 15.6. The minimum atomic E-state index is -1.03. The van der Waals surface area contributed by atoms with Crippen LogP contribution in [0.2, 0.25) is 0 Å². The van der Waals surface area contributed by atoms with Gasteiger partial charge in [0.2, 0.25) is 5.91 Å². The standard InChI is InChI=1S/C15H19BrN2O3/c1-10-8-11(4-5-12(10)16)13(19)18-7-3-6-15(18,9-21-2)14(17)20/h4-5,8H,3,6-7,9H2,1-2H3,(H2,17,20). The SMILES string of the molecule is COCC1(C(N)=O)CCCN1C(=O)c1ccc(Br)c(C)c1. The van der Waals surface area contributed by atoms with Gasteiger partial charge in [-0.1, -0.05) is 15.9 Å². The Hall–Kier alpha value is -1.40. The molecule has 0 aromatic heterocycles. The summed E-state index contributed by atoms with van der Waals surface area (Å²) in [5.74, 6) is -0.692. The number of carbonyl (C=O) groups is 2. The summed E-state index contributed by atoms with van der Waals surface area (Å²) in [6.07, 6.45) is 1.28. The number of ether oxygens (including phenoxy) is 1. The third-order valence-electron chi connectivity index (χ3n) is 3.98. The van der Waals surface area contributed by atoms with Gasteiger partial charge in [0.15, 0.2) is 0 Å². The summed E-state index contributed by atoms with van der Waals surface area (Å²) < 4.78 is 6.09. The molecule has 0 radical (unpaired) electrons. The van der Waals surface area contributed by atoms with E-state index in [1.165, 1.54) is 7.11 Å². The highest BCUT2D eigenvalue weighted by Crippen LogP contribution is 2.31. The number of halogens is 1. The second kappa shape index (κ2) is 6.15. The molecule has 114 valence electrons. The zero-order valence-corrected chi connectivity index (χ0v) is 13.8. The topological polar surface area (TPSA) is 72.6 Å². The van der Waals surface area contributed by atoms with E-state index in [1.54, 1.807) is 11.0 Å². The smallest absolute Gasteiger partial charge is 0.254 e. The maximum absolute atomic E-state index is 12.8. The van der Waals surface area contributed by atoms with Gasteiger partial charge in [0.1, 0.15) is 5.54 Å². The predicted octanol–water partition coefficient (Wildman–Crippen LogP) is 1.86. The van der Waals surface area contributed by atoms with Crippen LogP contribution in [0.1, 0.15) is 28.8 Å². The van der Waals surface area contributed by atoms with Gasteiger partial charge in [-0.3, -0.25) is 9.59 Å². The van der Waals surface area contributed by atoms with Gasteiger partial charge in [-0.15, -0.1) is 0 Å². The van der Waals surface area contributed by atoms with Crippen LogP contribution < -0.4 is 5.73 Å². The third kappa shape index (κ3) is 2.82. The molecule has 1 atom stereocenters. The molecular formula is C15H19BrN2O3. The quantitative estimate of drug-likeness (QED) is 0.896. The number of carbonyl (C=O) groups excluding carboxylic acids is 2. The van der Waals surface area contributed by atoms with Crippen molar-refractivity contribution in [2.45, 2.75) is 25.3 Å². The Morgan fingerprint density at radius 1 is 1.48 bits per heavy atom. The molecule has 21 heavy (non-hydrogen) atoms. The van der Waals surface area contributed by atoms with E-state index < -0.39 is 11.4 Å². The lowest BCUT2D eigenvalue weighted by molar-refractivity contribution is -0.130. The minimum absolute atomic E-state index is 0.129. The van der Waals surface area contributed by atoms with Crippen LogP contribution in [0.4, 0.5) is 0 Å². The average molecular weight is 355 g/mol. The Bertz CT molecular complexity index is 576. The molecule has 1 aromatic rings. The van der Waals surface area contributed by atoms with Crippen LogP contribution in [-0.4, -0.2) is 42.5 Å². The van der Waals surface area contributed by atoms with Crippen molar-refractivity contribution >= 4 is 27.7 Å². The van der Waals surface area contributed by atoms with E-state index in [0.717, 1.165) is 16.5 Å². The van der Waals surface area contributed by atoms with Crippen LogP contribution >= 0.6 is 15.9 Å². The van der Waals surface area contributed by atoms with E-state index in [4.69, 9.17) is 10.5 Å². The summed E-state index contributed by atoms with van der Waals surface area (Å²) >= 11 is 3.41. The van der Waals surface area contributed by atoms with Crippen molar-refractivity contribution in [1.29, 1.82) is 0 Å². The Labute approximate surface area is 132 Å². The lowest BCUT2D eigenvalue weighted by Crippen LogP contribution is -2.58. The van der Waals surface area contributed by atoms with Crippen molar-refractivity contribution in [3.8, 4) is 0 Å². The van der Waals surface area contributed by atoms with Crippen molar-refractivity contribution in [3.63, 3.8) is 0 Å².